The van der Waals surface area contributed by atoms with Crippen LogP contribution in [0.5, 0.6) is 11.6 Å². The van der Waals surface area contributed by atoms with E-state index in [1.165, 1.54) is 5.56 Å². The SMILES string of the molecule is CNCc1ccc(Oc2cc(C)c(Cl)c(C)c2)nc1C. The molecule has 2 rings (SSSR count). The summed E-state index contributed by atoms with van der Waals surface area (Å²) in [7, 11) is 1.92. The Morgan fingerprint density at radius 2 is 1.80 bits per heavy atom. The fourth-order valence-electron chi connectivity index (χ4n) is 2.09. The van der Waals surface area contributed by atoms with Gasteiger partial charge in [0, 0.05) is 23.3 Å². The van der Waals surface area contributed by atoms with Gasteiger partial charge in [-0.15, -0.1) is 0 Å². The second-order valence-electron chi connectivity index (χ2n) is 4.90. The molecule has 1 aromatic heterocycles. The Morgan fingerprint density at radius 1 is 1.15 bits per heavy atom. The molecule has 0 spiro atoms. The quantitative estimate of drug-likeness (QED) is 0.917. The van der Waals surface area contributed by atoms with E-state index in [4.69, 9.17) is 16.3 Å². The zero-order chi connectivity index (χ0) is 14.7. The minimum absolute atomic E-state index is 0.600. The second kappa shape index (κ2) is 6.25. The number of rotatable bonds is 4. The van der Waals surface area contributed by atoms with Crippen molar-refractivity contribution >= 4 is 11.6 Å². The van der Waals surface area contributed by atoms with Gasteiger partial charge < -0.3 is 10.1 Å². The number of aromatic nitrogens is 1. The maximum absolute atomic E-state index is 6.16. The van der Waals surface area contributed by atoms with E-state index in [1.807, 2.05) is 52.1 Å². The van der Waals surface area contributed by atoms with Crippen LogP contribution < -0.4 is 10.1 Å². The molecule has 0 radical (unpaired) electrons. The lowest BCUT2D eigenvalue weighted by atomic mass is 10.1. The third kappa shape index (κ3) is 3.30. The third-order valence-electron chi connectivity index (χ3n) is 3.17. The highest BCUT2D eigenvalue weighted by atomic mass is 35.5. The fraction of sp³-hybridized carbons (Fsp3) is 0.312. The van der Waals surface area contributed by atoms with Crippen LogP contribution in [0.15, 0.2) is 24.3 Å². The van der Waals surface area contributed by atoms with Crippen LogP contribution in [0.3, 0.4) is 0 Å². The second-order valence-corrected chi connectivity index (χ2v) is 5.28. The highest BCUT2D eigenvalue weighted by Crippen LogP contribution is 2.28. The van der Waals surface area contributed by atoms with Gasteiger partial charge in [-0.05, 0) is 56.6 Å². The summed E-state index contributed by atoms with van der Waals surface area (Å²) in [6, 6.07) is 7.77. The topological polar surface area (TPSA) is 34.1 Å². The average Bonchev–Trinajstić information content (AvgIpc) is 2.39. The number of hydrogen-bond acceptors (Lipinski definition) is 3. The Balaban J connectivity index is 2.24. The van der Waals surface area contributed by atoms with Gasteiger partial charge in [-0.3, -0.25) is 0 Å². The van der Waals surface area contributed by atoms with Gasteiger partial charge in [0.1, 0.15) is 5.75 Å². The molecule has 20 heavy (non-hydrogen) atoms. The van der Waals surface area contributed by atoms with Crippen LogP contribution in [0.1, 0.15) is 22.4 Å². The summed E-state index contributed by atoms with van der Waals surface area (Å²) < 4.78 is 5.82. The molecular formula is C16H19ClN2O. The molecule has 3 nitrogen and oxygen atoms in total. The Morgan fingerprint density at radius 3 is 2.35 bits per heavy atom. The minimum Gasteiger partial charge on any atom is -0.439 e. The zero-order valence-corrected chi connectivity index (χ0v) is 13.0. The summed E-state index contributed by atoms with van der Waals surface area (Å²) in [6.07, 6.45) is 0. The number of nitrogens with one attached hydrogen (secondary N) is 1. The Hall–Kier alpha value is -1.58. The molecule has 0 fully saturated rings. The largest absolute Gasteiger partial charge is 0.439 e. The minimum atomic E-state index is 0.600. The molecule has 2 aromatic rings. The van der Waals surface area contributed by atoms with Crippen molar-refractivity contribution in [2.75, 3.05) is 7.05 Å². The van der Waals surface area contributed by atoms with Gasteiger partial charge in [-0.25, -0.2) is 4.98 Å². The number of ether oxygens (including phenoxy) is 1. The highest BCUT2D eigenvalue weighted by Gasteiger charge is 2.07. The van der Waals surface area contributed by atoms with Crippen molar-refractivity contribution in [2.24, 2.45) is 0 Å². The van der Waals surface area contributed by atoms with Crippen molar-refractivity contribution < 1.29 is 4.74 Å². The normalized spacial score (nSPS) is 10.7. The molecule has 0 aliphatic rings. The van der Waals surface area contributed by atoms with Gasteiger partial charge in [-0.1, -0.05) is 17.7 Å². The van der Waals surface area contributed by atoms with Gasteiger partial charge in [0.05, 0.1) is 0 Å². The zero-order valence-electron chi connectivity index (χ0n) is 12.2. The highest BCUT2D eigenvalue weighted by molar-refractivity contribution is 6.32. The van der Waals surface area contributed by atoms with E-state index in [1.54, 1.807) is 0 Å². The van der Waals surface area contributed by atoms with E-state index in [-0.39, 0.29) is 0 Å². The lowest BCUT2D eigenvalue weighted by molar-refractivity contribution is 0.460. The lowest BCUT2D eigenvalue weighted by Gasteiger charge is -2.11. The molecule has 0 aliphatic carbocycles. The van der Waals surface area contributed by atoms with E-state index < -0.39 is 0 Å². The van der Waals surface area contributed by atoms with E-state index in [2.05, 4.69) is 10.3 Å². The molecule has 1 heterocycles. The molecule has 0 unspecified atom stereocenters. The van der Waals surface area contributed by atoms with E-state index >= 15 is 0 Å². The first-order valence-electron chi connectivity index (χ1n) is 6.57. The van der Waals surface area contributed by atoms with Crippen LogP contribution in [0, 0.1) is 20.8 Å². The predicted octanol–water partition coefficient (Wildman–Crippen LogP) is 4.17. The summed E-state index contributed by atoms with van der Waals surface area (Å²) in [5.41, 5.74) is 4.15. The molecular weight excluding hydrogens is 272 g/mol. The molecule has 4 heteroatoms. The Bertz CT molecular complexity index is 603. The monoisotopic (exact) mass is 290 g/mol. The number of pyridine rings is 1. The van der Waals surface area contributed by atoms with Gasteiger partial charge in [0.15, 0.2) is 0 Å². The van der Waals surface area contributed by atoms with Crippen LogP contribution in [0.25, 0.3) is 0 Å². The number of aryl methyl sites for hydroxylation is 3. The first-order chi connectivity index (χ1) is 9.51. The number of hydrogen-bond donors (Lipinski definition) is 1. The molecule has 0 atom stereocenters. The maximum atomic E-state index is 6.16. The molecule has 0 amide bonds. The van der Waals surface area contributed by atoms with Crippen molar-refractivity contribution in [1.29, 1.82) is 0 Å². The van der Waals surface area contributed by atoms with Gasteiger partial charge >= 0.3 is 0 Å². The van der Waals surface area contributed by atoms with Crippen LogP contribution in [0.2, 0.25) is 5.02 Å². The smallest absolute Gasteiger partial charge is 0.219 e. The molecule has 0 aliphatic heterocycles. The molecule has 0 saturated carbocycles. The third-order valence-corrected chi connectivity index (χ3v) is 3.77. The van der Waals surface area contributed by atoms with Crippen molar-refractivity contribution in [3.8, 4) is 11.6 Å². The molecule has 106 valence electrons. The van der Waals surface area contributed by atoms with E-state index in [0.717, 1.165) is 34.1 Å². The van der Waals surface area contributed by atoms with Gasteiger partial charge in [0.2, 0.25) is 5.88 Å². The van der Waals surface area contributed by atoms with Crippen molar-refractivity contribution in [2.45, 2.75) is 27.3 Å². The van der Waals surface area contributed by atoms with E-state index in [0.29, 0.717) is 5.88 Å². The summed E-state index contributed by atoms with van der Waals surface area (Å²) in [6.45, 7) is 6.73. The molecule has 0 saturated heterocycles. The molecule has 1 N–H and O–H groups in total. The van der Waals surface area contributed by atoms with Gasteiger partial charge in [-0.2, -0.15) is 0 Å². The van der Waals surface area contributed by atoms with Gasteiger partial charge in [0.25, 0.3) is 0 Å². The maximum Gasteiger partial charge on any atom is 0.219 e. The number of benzene rings is 1. The average molecular weight is 291 g/mol. The molecule has 1 aromatic carbocycles. The first-order valence-corrected chi connectivity index (χ1v) is 6.94. The molecule has 0 bridgehead atoms. The standard InChI is InChI=1S/C16H19ClN2O/c1-10-7-14(8-11(2)16(10)17)20-15-6-5-13(9-18-4)12(3)19-15/h5-8,18H,9H2,1-4H3. The van der Waals surface area contributed by atoms with Crippen LogP contribution >= 0.6 is 11.6 Å². The first kappa shape index (κ1) is 14.8. The summed E-state index contributed by atoms with van der Waals surface area (Å²) in [5.74, 6) is 1.36. The number of nitrogens with zero attached hydrogens (tertiary/aromatic N) is 1. The van der Waals surface area contributed by atoms with Crippen molar-refractivity contribution in [3.63, 3.8) is 0 Å². The van der Waals surface area contributed by atoms with Crippen LogP contribution in [-0.4, -0.2) is 12.0 Å². The summed E-state index contributed by atoms with van der Waals surface area (Å²) in [4.78, 5) is 4.47. The van der Waals surface area contributed by atoms with E-state index in [9.17, 15) is 0 Å². The van der Waals surface area contributed by atoms with Crippen molar-refractivity contribution in [3.05, 3.63) is 51.7 Å². The predicted molar refractivity (Wildman–Crippen MR) is 82.7 cm³/mol. The number of halogens is 1. The van der Waals surface area contributed by atoms with Crippen LogP contribution in [0.4, 0.5) is 0 Å². The van der Waals surface area contributed by atoms with Crippen molar-refractivity contribution in [1.82, 2.24) is 10.3 Å². The fourth-order valence-corrected chi connectivity index (χ4v) is 2.20. The summed E-state index contributed by atoms with van der Waals surface area (Å²) in [5, 5.41) is 3.90. The van der Waals surface area contributed by atoms with Crippen LogP contribution in [-0.2, 0) is 6.54 Å². The lowest BCUT2D eigenvalue weighted by Crippen LogP contribution is -2.07. The Kier molecular flexibility index (Phi) is 4.63. The Labute approximate surface area is 124 Å². The summed E-state index contributed by atoms with van der Waals surface area (Å²) >= 11 is 6.16.